The van der Waals surface area contributed by atoms with Crippen molar-refractivity contribution in [2.75, 3.05) is 23.0 Å². The predicted molar refractivity (Wildman–Crippen MR) is 90.6 cm³/mol. The van der Waals surface area contributed by atoms with Crippen LogP contribution in [0.3, 0.4) is 0 Å². The monoisotopic (exact) mass is 292 g/mol. The van der Waals surface area contributed by atoms with Gasteiger partial charge in [0.2, 0.25) is 0 Å². The number of rotatable bonds is 8. The van der Waals surface area contributed by atoms with Gasteiger partial charge in [0.05, 0.1) is 0 Å². The van der Waals surface area contributed by atoms with Crippen molar-refractivity contribution in [1.82, 2.24) is 0 Å². The van der Waals surface area contributed by atoms with E-state index in [-0.39, 0.29) is 45.1 Å². The molecule has 0 saturated carbocycles. The summed E-state index contributed by atoms with van der Waals surface area (Å²) in [6.07, 6.45) is 5.59. The van der Waals surface area contributed by atoms with E-state index in [1.165, 1.54) is 48.7 Å². The molecule has 0 aromatic rings. The normalized spacial score (nSPS) is 10.3. The Kier molecular flexibility index (Phi) is 31.6. The van der Waals surface area contributed by atoms with Crippen molar-refractivity contribution in [3.63, 3.8) is 0 Å². The van der Waals surface area contributed by atoms with Gasteiger partial charge in [0.25, 0.3) is 0 Å². The molecule has 110 valence electrons. The third-order valence-corrected chi connectivity index (χ3v) is 7.65. The molecule has 0 aliphatic carbocycles. The zero-order valence-electron chi connectivity index (χ0n) is 12.2. The molecular weight excluding hydrogens is 258 g/mol. The molecule has 0 atom stereocenters. The van der Waals surface area contributed by atoms with Crippen LogP contribution in [0.15, 0.2) is 0 Å². The molecule has 0 fully saturated rings. The Bertz CT molecular complexity index is 113. The van der Waals surface area contributed by atoms with Crippen molar-refractivity contribution in [3.05, 3.63) is 0 Å². The van der Waals surface area contributed by atoms with Crippen LogP contribution >= 0.6 is 10.0 Å². The molecule has 0 bridgehead atoms. The minimum absolute atomic E-state index is 0. The van der Waals surface area contributed by atoms with Crippen molar-refractivity contribution < 1.29 is 15.5 Å². The van der Waals surface area contributed by atoms with Crippen LogP contribution in [0.5, 0.6) is 0 Å². The second-order valence-electron chi connectivity index (χ2n) is 4.18. The summed E-state index contributed by atoms with van der Waals surface area (Å²) >= 11 is 0. The molecule has 0 saturated heterocycles. The second kappa shape index (κ2) is 20.6. The fourth-order valence-electron chi connectivity index (χ4n) is 2.34. The maximum atomic E-state index is 7.12. The van der Waals surface area contributed by atoms with Gasteiger partial charge in [-0.15, -0.1) is 0 Å². The van der Waals surface area contributed by atoms with Gasteiger partial charge in [-0.25, -0.2) is 10.0 Å². The van der Waals surface area contributed by atoms with Gasteiger partial charge in [-0.05, 0) is 48.7 Å². The predicted octanol–water partition coefficient (Wildman–Crippen LogP) is 1.20. The van der Waals surface area contributed by atoms with Crippen LogP contribution in [0.1, 0.15) is 53.4 Å². The van der Waals surface area contributed by atoms with Gasteiger partial charge in [-0.1, -0.05) is 27.7 Å². The summed E-state index contributed by atoms with van der Waals surface area (Å²) in [5.41, 5.74) is 0. The molecule has 4 N–H and O–H groups in total. The van der Waals surface area contributed by atoms with Crippen LogP contribution in [-0.2, 0) is 0 Å². The number of hydrogen-bond acceptors (Lipinski definition) is 2. The van der Waals surface area contributed by atoms with E-state index in [0.717, 1.165) is 0 Å². The average Bonchev–Trinajstić information content (AvgIpc) is 2.20. The molecule has 0 unspecified atom stereocenters. The van der Waals surface area contributed by atoms with Gasteiger partial charge in [-0.3, -0.25) is 0 Å². The van der Waals surface area contributed by atoms with Gasteiger partial charge in [0.15, 0.2) is 0 Å². The molecule has 0 radical (unpaired) electrons. The standard InChI is InChI=1S/C12H28S.BH3O2.Na.H2O.H/c1-5-9-13(10-6-2,11-7-3)12-8-4;2-1-3;;;/h5-12H2,1-4H3;1-3H;;1H2;. The molecule has 0 aliphatic heterocycles. The van der Waals surface area contributed by atoms with Gasteiger partial charge in [0, 0.05) is 0 Å². The topological polar surface area (TPSA) is 72.0 Å². The van der Waals surface area contributed by atoms with Crippen molar-refractivity contribution in [2.24, 2.45) is 0 Å². The van der Waals surface area contributed by atoms with E-state index in [4.69, 9.17) is 10.0 Å². The fourth-order valence-corrected chi connectivity index (χ4v) is 7.03. The Balaban J connectivity index is -0.000000177. The van der Waals surface area contributed by atoms with Crippen LogP contribution < -0.4 is 0 Å². The van der Waals surface area contributed by atoms with Gasteiger partial charge in [0.1, 0.15) is 0 Å². The quantitative estimate of drug-likeness (QED) is 0.660. The molecule has 0 amide bonds. The molecule has 0 aromatic carbocycles. The molecule has 0 rings (SSSR count). The second-order valence-corrected chi connectivity index (χ2v) is 8.27. The summed E-state index contributed by atoms with van der Waals surface area (Å²) in [4.78, 5) is 0. The maximum absolute atomic E-state index is 7.12. The van der Waals surface area contributed by atoms with Crippen molar-refractivity contribution in [1.29, 1.82) is 0 Å². The zero-order chi connectivity index (χ0) is 12.9. The van der Waals surface area contributed by atoms with Crippen molar-refractivity contribution in [3.8, 4) is 0 Å². The molecular formula is C12H34BNaO3S. The average molecular weight is 292 g/mol. The molecule has 0 aliphatic rings. The third-order valence-electron chi connectivity index (χ3n) is 2.55. The number of hydrogen-bond donors (Lipinski definition) is 2. The summed E-state index contributed by atoms with van der Waals surface area (Å²) in [6.45, 7) is 9.40. The Morgan fingerprint density at radius 3 is 1.00 bits per heavy atom. The Morgan fingerprint density at radius 1 is 0.722 bits per heavy atom. The van der Waals surface area contributed by atoms with E-state index in [2.05, 4.69) is 27.7 Å². The van der Waals surface area contributed by atoms with Crippen LogP contribution in [-0.4, -0.2) is 75.8 Å². The summed E-state index contributed by atoms with van der Waals surface area (Å²) in [7, 11) is -0.947. The van der Waals surface area contributed by atoms with Crippen molar-refractivity contribution >= 4 is 47.3 Å². The zero-order valence-corrected chi connectivity index (χ0v) is 13.0. The van der Waals surface area contributed by atoms with E-state index in [9.17, 15) is 0 Å². The van der Waals surface area contributed by atoms with Crippen LogP contribution in [0.4, 0.5) is 0 Å². The fraction of sp³-hybridized carbons (Fsp3) is 1.00. The van der Waals surface area contributed by atoms with Gasteiger partial charge < -0.3 is 15.5 Å². The molecule has 18 heavy (non-hydrogen) atoms. The van der Waals surface area contributed by atoms with E-state index >= 15 is 0 Å². The first kappa shape index (κ1) is 27.6. The van der Waals surface area contributed by atoms with Gasteiger partial charge >= 0.3 is 37.2 Å². The third kappa shape index (κ3) is 15.4. The first-order chi connectivity index (χ1) is 7.66. The first-order valence-corrected chi connectivity index (χ1v) is 8.92. The Morgan fingerprint density at radius 2 is 0.889 bits per heavy atom. The van der Waals surface area contributed by atoms with E-state index in [0.29, 0.717) is 0 Å². The van der Waals surface area contributed by atoms with Gasteiger partial charge in [-0.2, -0.15) is 0 Å². The summed E-state index contributed by atoms with van der Waals surface area (Å²) in [5.74, 6) is 6.12. The Hall–Kier alpha value is 1.29. The first-order valence-electron chi connectivity index (χ1n) is 6.62. The molecule has 0 spiro atoms. The molecule has 0 heterocycles. The van der Waals surface area contributed by atoms with Crippen LogP contribution in [0.25, 0.3) is 0 Å². The summed E-state index contributed by atoms with van der Waals surface area (Å²) in [6, 6.07) is 0. The molecule has 6 heteroatoms. The molecule has 3 nitrogen and oxygen atoms in total. The van der Waals surface area contributed by atoms with Crippen LogP contribution in [0.2, 0.25) is 0 Å². The van der Waals surface area contributed by atoms with E-state index in [1.54, 1.807) is 0 Å². The van der Waals surface area contributed by atoms with Crippen molar-refractivity contribution in [2.45, 2.75) is 53.4 Å². The van der Waals surface area contributed by atoms with Crippen LogP contribution in [0, 0.1) is 0 Å². The summed E-state index contributed by atoms with van der Waals surface area (Å²) in [5, 5.41) is 14.2. The SMILES string of the molecule is CCCS(CCC)(CCC)CCC.O.OBO.[NaH]. The minimum atomic E-state index is -0.750. The Labute approximate surface area is 138 Å². The molecule has 0 aromatic heterocycles. The van der Waals surface area contributed by atoms with E-state index < -0.39 is 7.69 Å². The van der Waals surface area contributed by atoms with E-state index in [1.807, 2.05) is 0 Å². The summed E-state index contributed by atoms with van der Waals surface area (Å²) < 4.78 is 0.